The highest BCUT2D eigenvalue weighted by atomic mass is 79.9. The van der Waals surface area contributed by atoms with Gasteiger partial charge in [-0.25, -0.2) is 0 Å². The van der Waals surface area contributed by atoms with Gasteiger partial charge >= 0.3 is 0 Å². The van der Waals surface area contributed by atoms with E-state index in [0.29, 0.717) is 0 Å². The summed E-state index contributed by atoms with van der Waals surface area (Å²) in [6, 6.07) is 15.9. The molecule has 0 unspecified atom stereocenters. The predicted octanol–water partition coefficient (Wildman–Crippen LogP) is 5.10. The van der Waals surface area contributed by atoms with Crippen molar-refractivity contribution in [1.82, 2.24) is 9.97 Å². The molecule has 0 saturated heterocycles. The van der Waals surface area contributed by atoms with Gasteiger partial charge < -0.3 is 10.3 Å². The molecule has 0 spiro atoms. The topological polar surface area (TPSA) is 57.8 Å². The molecule has 2 aromatic carbocycles. The van der Waals surface area contributed by atoms with Crippen LogP contribution in [0.4, 0.5) is 5.69 Å². The first-order valence-corrected chi connectivity index (χ1v) is 8.36. The summed E-state index contributed by atoms with van der Waals surface area (Å²) in [4.78, 5) is 19.4. The molecule has 0 radical (unpaired) electrons. The van der Waals surface area contributed by atoms with E-state index in [1.54, 1.807) is 0 Å². The Morgan fingerprint density at radius 1 is 1.12 bits per heavy atom. The van der Waals surface area contributed by atoms with Crippen molar-refractivity contribution in [2.24, 2.45) is 0 Å². The van der Waals surface area contributed by atoms with Gasteiger partial charge in [0.1, 0.15) is 0 Å². The molecule has 4 rings (SSSR count). The van der Waals surface area contributed by atoms with Crippen molar-refractivity contribution in [2.75, 3.05) is 5.32 Å². The number of nitrogens with zero attached hydrogens (tertiary/aromatic N) is 1. The third kappa shape index (κ3) is 2.37. The lowest BCUT2D eigenvalue weighted by molar-refractivity contribution is -0.114. The van der Waals surface area contributed by atoms with Gasteiger partial charge in [-0.3, -0.25) is 9.78 Å². The number of hydrogen-bond acceptors (Lipinski definition) is 2. The molecule has 0 aliphatic rings. The maximum Gasteiger partial charge on any atom is 0.221 e. The Morgan fingerprint density at radius 2 is 1.92 bits per heavy atom. The van der Waals surface area contributed by atoms with Crippen LogP contribution in [0.5, 0.6) is 0 Å². The van der Waals surface area contributed by atoms with E-state index in [9.17, 15) is 4.79 Å². The van der Waals surface area contributed by atoms with Crippen LogP contribution in [0.2, 0.25) is 0 Å². The van der Waals surface area contributed by atoms with Gasteiger partial charge in [-0.1, -0.05) is 30.3 Å². The number of benzene rings is 2. The minimum Gasteiger partial charge on any atom is -0.353 e. The lowest BCUT2D eigenvalue weighted by Crippen LogP contribution is -2.06. The monoisotopic (exact) mass is 379 g/mol. The molecule has 4 nitrogen and oxygen atoms in total. The molecule has 0 aliphatic heterocycles. The number of halogens is 1. The van der Waals surface area contributed by atoms with E-state index in [1.165, 1.54) is 6.92 Å². The van der Waals surface area contributed by atoms with Crippen LogP contribution in [0, 0.1) is 0 Å². The lowest BCUT2D eigenvalue weighted by atomic mass is 10.1. The quantitative estimate of drug-likeness (QED) is 0.508. The van der Waals surface area contributed by atoms with E-state index in [2.05, 4.69) is 31.2 Å². The van der Waals surface area contributed by atoms with Gasteiger partial charge in [0.2, 0.25) is 5.91 Å². The third-order valence-electron chi connectivity index (χ3n) is 3.98. The molecule has 4 aromatic rings. The van der Waals surface area contributed by atoms with E-state index in [1.807, 2.05) is 54.7 Å². The van der Waals surface area contributed by atoms with Gasteiger partial charge in [0.25, 0.3) is 0 Å². The number of carbonyl (C=O) groups is 1. The molecular weight excluding hydrogens is 366 g/mol. The first-order chi connectivity index (χ1) is 11.6. The van der Waals surface area contributed by atoms with Crippen LogP contribution in [0.3, 0.4) is 0 Å². The van der Waals surface area contributed by atoms with E-state index < -0.39 is 0 Å². The van der Waals surface area contributed by atoms with Crippen molar-refractivity contribution in [1.29, 1.82) is 0 Å². The minimum absolute atomic E-state index is 0.0958. The number of H-pyrrole nitrogens is 1. The number of aromatic amines is 1. The number of anilines is 1. The zero-order chi connectivity index (χ0) is 16.7. The zero-order valence-electron chi connectivity index (χ0n) is 12.9. The van der Waals surface area contributed by atoms with Crippen molar-refractivity contribution in [3.8, 4) is 11.3 Å². The molecule has 2 aromatic heterocycles. The molecule has 1 amide bonds. The lowest BCUT2D eigenvalue weighted by Gasteiger charge is -2.06. The van der Waals surface area contributed by atoms with Crippen LogP contribution in [-0.2, 0) is 4.79 Å². The Hall–Kier alpha value is -2.66. The maximum atomic E-state index is 11.4. The van der Waals surface area contributed by atoms with E-state index >= 15 is 0 Å². The van der Waals surface area contributed by atoms with Crippen molar-refractivity contribution in [3.63, 3.8) is 0 Å². The zero-order valence-corrected chi connectivity index (χ0v) is 14.5. The largest absolute Gasteiger partial charge is 0.353 e. The molecule has 0 aliphatic carbocycles. The predicted molar refractivity (Wildman–Crippen MR) is 101 cm³/mol. The van der Waals surface area contributed by atoms with Crippen LogP contribution in [0.1, 0.15) is 6.92 Å². The van der Waals surface area contributed by atoms with Crippen molar-refractivity contribution >= 4 is 49.3 Å². The number of aromatic nitrogens is 2. The summed E-state index contributed by atoms with van der Waals surface area (Å²) in [5, 5.41) is 4.96. The van der Waals surface area contributed by atoms with E-state index in [4.69, 9.17) is 0 Å². The van der Waals surface area contributed by atoms with Gasteiger partial charge in [0.05, 0.1) is 21.4 Å². The molecule has 0 bridgehead atoms. The summed E-state index contributed by atoms with van der Waals surface area (Å²) in [5.74, 6) is -0.0958. The number of pyridine rings is 1. The second kappa shape index (κ2) is 5.76. The molecule has 2 heterocycles. The van der Waals surface area contributed by atoms with E-state index in [0.717, 1.165) is 43.2 Å². The molecule has 2 N–H and O–H groups in total. The number of fused-ring (bicyclic) bond motifs is 3. The van der Waals surface area contributed by atoms with Gasteiger partial charge in [-0.05, 0) is 34.1 Å². The van der Waals surface area contributed by atoms with Gasteiger partial charge in [-0.15, -0.1) is 0 Å². The Balaban J connectivity index is 2.02. The summed E-state index contributed by atoms with van der Waals surface area (Å²) >= 11 is 3.64. The van der Waals surface area contributed by atoms with Crippen LogP contribution in [-0.4, -0.2) is 15.9 Å². The highest BCUT2D eigenvalue weighted by molar-refractivity contribution is 9.10. The average Bonchev–Trinajstić information content (AvgIpc) is 2.97. The second-order valence-electron chi connectivity index (χ2n) is 5.60. The highest BCUT2D eigenvalue weighted by Gasteiger charge is 2.15. The van der Waals surface area contributed by atoms with Crippen LogP contribution >= 0.6 is 15.9 Å². The molecule has 0 atom stereocenters. The van der Waals surface area contributed by atoms with Crippen LogP contribution in [0.15, 0.2) is 59.2 Å². The average molecular weight is 380 g/mol. The normalized spacial score (nSPS) is 11.1. The fourth-order valence-electron chi connectivity index (χ4n) is 2.98. The summed E-state index contributed by atoms with van der Waals surface area (Å²) in [5.41, 5.74) is 4.72. The summed E-state index contributed by atoms with van der Waals surface area (Å²) in [6.07, 6.45) is 1.81. The Kier molecular flexibility index (Phi) is 3.58. The standard InChI is InChI=1S/C19H14BrN3O/c1-11(24)22-15-8-7-14-16(17(15)20)13-9-10-21-18(19(13)23-14)12-5-3-2-4-6-12/h2-10,23H,1H3,(H,22,24). The Morgan fingerprint density at radius 3 is 2.67 bits per heavy atom. The molecule has 0 saturated carbocycles. The van der Waals surface area contributed by atoms with Crippen LogP contribution in [0.25, 0.3) is 33.1 Å². The van der Waals surface area contributed by atoms with Gasteiger partial charge in [-0.2, -0.15) is 0 Å². The highest BCUT2D eigenvalue weighted by Crippen LogP contribution is 2.38. The SMILES string of the molecule is CC(=O)Nc1ccc2[nH]c3c(-c4ccccc4)nccc3c2c1Br. The fraction of sp³-hybridized carbons (Fsp3) is 0.0526. The summed E-state index contributed by atoms with van der Waals surface area (Å²) in [6.45, 7) is 1.50. The molecular formula is C19H14BrN3O. The minimum atomic E-state index is -0.0958. The number of nitrogens with one attached hydrogen (secondary N) is 2. The molecule has 24 heavy (non-hydrogen) atoms. The molecule has 5 heteroatoms. The Bertz CT molecular complexity index is 1070. The maximum absolute atomic E-state index is 11.4. The first kappa shape index (κ1) is 14.9. The number of rotatable bonds is 2. The first-order valence-electron chi connectivity index (χ1n) is 7.57. The van der Waals surface area contributed by atoms with Crippen molar-refractivity contribution < 1.29 is 4.79 Å². The third-order valence-corrected chi connectivity index (χ3v) is 4.80. The Labute approximate surface area is 147 Å². The molecule has 0 fully saturated rings. The van der Waals surface area contributed by atoms with Gasteiger partial charge in [0.15, 0.2) is 0 Å². The molecule has 118 valence electrons. The second-order valence-corrected chi connectivity index (χ2v) is 6.40. The number of hydrogen-bond donors (Lipinski definition) is 2. The fourth-order valence-corrected chi connectivity index (χ4v) is 3.63. The van der Waals surface area contributed by atoms with Crippen molar-refractivity contribution in [3.05, 3.63) is 59.2 Å². The number of carbonyl (C=O) groups excluding carboxylic acids is 1. The van der Waals surface area contributed by atoms with Crippen molar-refractivity contribution in [2.45, 2.75) is 6.92 Å². The summed E-state index contributed by atoms with van der Waals surface area (Å²) < 4.78 is 0.867. The van der Waals surface area contributed by atoms with Gasteiger partial charge in [0, 0.05) is 35.0 Å². The van der Waals surface area contributed by atoms with E-state index in [-0.39, 0.29) is 5.91 Å². The summed E-state index contributed by atoms with van der Waals surface area (Å²) in [7, 11) is 0. The number of amides is 1. The smallest absolute Gasteiger partial charge is 0.221 e. The van der Waals surface area contributed by atoms with Crippen LogP contribution < -0.4 is 5.32 Å².